The molecule has 1 heterocycles. The molecule has 0 aromatic heterocycles. The molecule has 2 rings (SSSR count). The minimum absolute atomic E-state index is 0.135. The van der Waals surface area contributed by atoms with Crippen molar-refractivity contribution >= 4 is 6.03 Å². The summed E-state index contributed by atoms with van der Waals surface area (Å²) in [6.07, 6.45) is 0.897. The number of benzene rings is 1. The van der Waals surface area contributed by atoms with Crippen molar-refractivity contribution in [3.05, 3.63) is 29.8 Å². The van der Waals surface area contributed by atoms with Gasteiger partial charge in [0.1, 0.15) is 5.75 Å². The predicted molar refractivity (Wildman–Crippen MR) is 70.9 cm³/mol. The number of carbonyl (C=O) groups is 1. The Kier molecular flexibility index (Phi) is 3.75. The van der Waals surface area contributed by atoms with Crippen molar-refractivity contribution in [1.29, 1.82) is 0 Å². The fraction of sp³-hybridized carbons (Fsp3) is 0.500. The molecular formula is C14H20N2O2. The summed E-state index contributed by atoms with van der Waals surface area (Å²) in [5.74, 6) is 0.866. The lowest BCUT2D eigenvalue weighted by atomic mass is 10.1. The van der Waals surface area contributed by atoms with Crippen LogP contribution in [0.2, 0.25) is 0 Å². The Morgan fingerprint density at radius 1 is 1.33 bits per heavy atom. The molecule has 0 bridgehead atoms. The molecule has 0 N–H and O–H groups in total. The lowest BCUT2D eigenvalue weighted by Gasteiger charge is -2.21. The molecule has 1 aromatic rings. The fourth-order valence-electron chi connectivity index (χ4n) is 2.47. The Hall–Kier alpha value is -1.71. The number of urea groups is 1. The van der Waals surface area contributed by atoms with Crippen molar-refractivity contribution in [3.8, 4) is 5.75 Å². The van der Waals surface area contributed by atoms with Crippen LogP contribution in [0.25, 0.3) is 0 Å². The van der Waals surface area contributed by atoms with E-state index in [1.807, 2.05) is 31.0 Å². The zero-order valence-electron chi connectivity index (χ0n) is 11.2. The van der Waals surface area contributed by atoms with Crippen molar-refractivity contribution in [2.75, 3.05) is 27.2 Å². The number of amides is 2. The van der Waals surface area contributed by atoms with Gasteiger partial charge in [-0.15, -0.1) is 0 Å². The summed E-state index contributed by atoms with van der Waals surface area (Å²) in [5.41, 5.74) is 1.24. The van der Waals surface area contributed by atoms with Gasteiger partial charge in [0.15, 0.2) is 0 Å². The highest BCUT2D eigenvalue weighted by Crippen LogP contribution is 2.19. The lowest BCUT2D eigenvalue weighted by molar-refractivity contribution is 0.193. The SMILES string of the molecule is CCN1C(=O)N(C)CC1Cc1ccc(OC)cc1. The van der Waals surface area contributed by atoms with E-state index in [0.29, 0.717) is 0 Å². The third kappa shape index (κ3) is 2.42. The molecule has 0 saturated carbocycles. The van der Waals surface area contributed by atoms with Gasteiger partial charge in [0, 0.05) is 20.1 Å². The van der Waals surface area contributed by atoms with Crippen molar-refractivity contribution in [3.63, 3.8) is 0 Å². The highest BCUT2D eigenvalue weighted by atomic mass is 16.5. The predicted octanol–water partition coefficient (Wildman–Crippen LogP) is 1.99. The average molecular weight is 248 g/mol. The zero-order valence-corrected chi connectivity index (χ0v) is 11.2. The fourth-order valence-corrected chi connectivity index (χ4v) is 2.47. The van der Waals surface area contributed by atoms with E-state index in [1.54, 1.807) is 12.0 Å². The van der Waals surface area contributed by atoms with Gasteiger partial charge in [-0.05, 0) is 31.0 Å². The third-order valence-corrected chi connectivity index (χ3v) is 3.47. The first-order valence-corrected chi connectivity index (χ1v) is 6.30. The maximum Gasteiger partial charge on any atom is 0.320 e. The van der Waals surface area contributed by atoms with Crippen LogP contribution in [0.15, 0.2) is 24.3 Å². The first kappa shape index (κ1) is 12.7. The van der Waals surface area contributed by atoms with E-state index in [-0.39, 0.29) is 12.1 Å². The molecule has 2 amide bonds. The van der Waals surface area contributed by atoms with Gasteiger partial charge in [-0.3, -0.25) is 0 Å². The van der Waals surface area contributed by atoms with Gasteiger partial charge >= 0.3 is 6.03 Å². The zero-order chi connectivity index (χ0) is 13.1. The Bertz CT molecular complexity index is 416. The number of methoxy groups -OCH3 is 1. The van der Waals surface area contributed by atoms with Gasteiger partial charge in [-0.2, -0.15) is 0 Å². The molecule has 1 unspecified atom stereocenters. The Morgan fingerprint density at radius 2 is 2.00 bits per heavy atom. The average Bonchev–Trinajstić information content (AvgIpc) is 2.65. The highest BCUT2D eigenvalue weighted by molar-refractivity contribution is 5.76. The maximum atomic E-state index is 11.9. The quantitative estimate of drug-likeness (QED) is 0.816. The van der Waals surface area contributed by atoms with Crippen LogP contribution in [0.4, 0.5) is 4.79 Å². The van der Waals surface area contributed by atoms with E-state index in [2.05, 4.69) is 12.1 Å². The topological polar surface area (TPSA) is 32.8 Å². The normalized spacial score (nSPS) is 19.5. The van der Waals surface area contributed by atoms with Gasteiger partial charge in [0.25, 0.3) is 0 Å². The van der Waals surface area contributed by atoms with E-state index >= 15 is 0 Å². The monoisotopic (exact) mass is 248 g/mol. The first-order chi connectivity index (χ1) is 8.65. The summed E-state index contributed by atoms with van der Waals surface area (Å²) in [7, 11) is 3.53. The number of carbonyl (C=O) groups excluding carboxylic acids is 1. The molecular weight excluding hydrogens is 228 g/mol. The van der Waals surface area contributed by atoms with E-state index in [0.717, 1.165) is 25.3 Å². The van der Waals surface area contributed by atoms with E-state index in [1.165, 1.54) is 5.56 Å². The third-order valence-electron chi connectivity index (χ3n) is 3.47. The largest absolute Gasteiger partial charge is 0.497 e. The number of rotatable bonds is 4. The summed E-state index contributed by atoms with van der Waals surface area (Å²) < 4.78 is 5.14. The van der Waals surface area contributed by atoms with E-state index in [4.69, 9.17) is 4.74 Å². The summed E-state index contributed by atoms with van der Waals surface area (Å²) >= 11 is 0. The summed E-state index contributed by atoms with van der Waals surface area (Å²) in [6.45, 7) is 3.60. The number of hydrogen-bond donors (Lipinski definition) is 0. The lowest BCUT2D eigenvalue weighted by Crippen LogP contribution is -2.35. The summed E-state index contributed by atoms with van der Waals surface area (Å²) in [4.78, 5) is 15.6. The molecule has 4 nitrogen and oxygen atoms in total. The number of likely N-dealkylation sites (N-methyl/N-ethyl adjacent to an activating group) is 2. The van der Waals surface area contributed by atoms with Crippen molar-refractivity contribution in [1.82, 2.24) is 9.80 Å². The minimum Gasteiger partial charge on any atom is -0.497 e. The van der Waals surface area contributed by atoms with Crippen LogP contribution in [-0.4, -0.2) is 49.1 Å². The molecule has 0 radical (unpaired) electrons. The molecule has 1 atom stereocenters. The summed E-state index contributed by atoms with van der Waals surface area (Å²) in [6, 6.07) is 8.47. The number of nitrogens with zero attached hydrogens (tertiary/aromatic N) is 2. The van der Waals surface area contributed by atoms with Crippen molar-refractivity contribution in [2.24, 2.45) is 0 Å². The molecule has 0 spiro atoms. The molecule has 1 fully saturated rings. The van der Waals surface area contributed by atoms with Crippen LogP contribution in [0.3, 0.4) is 0 Å². The van der Waals surface area contributed by atoms with Crippen molar-refractivity contribution < 1.29 is 9.53 Å². The van der Waals surface area contributed by atoms with Crippen LogP contribution in [0, 0.1) is 0 Å². The first-order valence-electron chi connectivity index (χ1n) is 6.30. The van der Waals surface area contributed by atoms with Gasteiger partial charge in [0.05, 0.1) is 13.2 Å². The van der Waals surface area contributed by atoms with Crippen LogP contribution in [-0.2, 0) is 6.42 Å². The molecule has 1 saturated heterocycles. The van der Waals surface area contributed by atoms with Crippen LogP contribution in [0.1, 0.15) is 12.5 Å². The molecule has 98 valence electrons. The highest BCUT2D eigenvalue weighted by Gasteiger charge is 2.33. The Morgan fingerprint density at radius 3 is 2.56 bits per heavy atom. The standard InChI is InChI=1S/C14H20N2O2/c1-4-16-12(10-15(2)14(16)17)9-11-5-7-13(18-3)8-6-11/h5-8,12H,4,9-10H2,1-3H3. The second-order valence-corrected chi connectivity index (χ2v) is 4.66. The van der Waals surface area contributed by atoms with Crippen LogP contribution >= 0.6 is 0 Å². The van der Waals surface area contributed by atoms with E-state index in [9.17, 15) is 4.79 Å². The maximum absolute atomic E-state index is 11.9. The minimum atomic E-state index is 0.135. The molecule has 1 aliphatic heterocycles. The Balaban J connectivity index is 2.06. The molecule has 1 aliphatic rings. The van der Waals surface area contributed by atoms with Crippen LogP contribution < -0.4 is 4.74 Å². The second kappa shape index (κ2) is 5.29. The molecule has 18 heavy (non-hydrogen) atoms. The number of hydrogen-bond acceptors (Lipinski definition) is 2. The van der Waals surface area contributed by atoms with Gasteiger partial charge in [-0.25, -0.2) is 4.79 Å². The molecule has 4 heteroatoms. The van der Waals surface area contributed by atoms with Crippen molar-refractivity contribution in [2.45, 2.75) is 19.4 Å². The Labute approximate surface area is 108 Å². The van der Waals surface area contributed by atoms with Gasteiger partial charge in [0.2, 0.25) is 0 Å². The van der Waals surface area contributed by atoms with Gasteiger partial charge < -0.3 is 14.5 Å². The smallest absolute Gasteiger partial charge is 0.320 e. The van der Waals surface area contributed by atoms with Gasteiger partial charge in [-0.1, -0.05) is 12.1 Å². The number of ether oxygens (including phenoxy) is 1. The summed E-state index contributed by atoms with van der Waals surface area (Å²) in [5, 5.41) is 0. The van der Waals surface area contributed by atoms with Crippen LogP contribution in [0.5, 0.6) is 5.75 Å². The van der Waals surface area contributed by atoms with E-state index < -0.39 is 0 Å². The molecule has 0 aliphatic carbocycles. The second-order valence-electron chi connectivity index (χ2n) is 4.66. The molecule has 1 aromatic carbocycles.